The summed E-state index contributed by atoms with van der Waals surface area (Å²) in [6.07, 6.45) is -1.12. The first-order valence-electron chi connectivity index (χ1n) is 8.15. The molecule has 9 heteroatoms. The molecule has 3 heterocycles. The van der Waals surface area contributed by atoms with Crippen molar-refractivity contribution in [2.24, 2.45) is 0 Å². The fourth-order valence-electron chi connectivity index (χ4n) is 2.96. The van der Waals surface area contributed by atoms with Crippen molar-refractivity contribution in [3.63, 3.8) is 0 Å². The molecule has 0 unspecified atom stereocenters. The van der Waals surface area contributed by atoms with E-state index < -0.39 is 24.5 Å². The second-order valence-corrected chi connectivity index (χ2v) is 6.97. The number of aromatic nitrogens is 4. The van der Waals surface area contributed by atoms with Crippen LogP contribution in [-0.4, -0.2) is 59.8 Å². The van der Waals surface area contributed by atoms with Gasteiger partial charge in [-0.3, -0.25) is 4.57 Å². The lowest BCUT2D eigenvalue weighted by atomic mass is 10.1. The maximum absolute atomic E-state index is 10.2. The summed E-state index contributed by atoms with van der Waals surface area (Å²) in [6.45, 7) is -0.380. The molecule has 0 radical (unpaired) electrons. The van der Waals surface area contributed by atoms with E-state index in [0.29, 0.717) is 11.2 Å². The second-order valence-electron chi connectivity index (χ2n) is 6.01. The third-order valence-electron chi connectivity index (χ3n) is 4.33. The van der Waals surface area contributed by atoms with Gasteiger partial charge in [-0.1, -0.05) is 42.1 Å². The van der Waals surface area contributed by atoms with E-state index in [9.17, 15) is 15.3 Å². The Morgan fingerprint density at radius 1 is 1.08 bits per heavy atom. The van der Waals surface area contributed by atoms with Gasteiger partial charge in [0.2, 0.25) is 0 Å². The molecule has 0 saturated carbocycles. The second kappa shape index (κ2) is 7.29. The van der Waals surface area contributed by atoms with Crippen molar-refractivity contribution < 1.29 is 20.1 Å². The minimum absolute atomic E-state index is 0.380. The van der Waals surface area contributed by atoms with Crippen molar-refractivity contribution in [1.29, 1.82) is 0 Å². The highest BCUT2D eigenvalue weighted by molar-refractivity contribution is 7.98. The Hall–Kier alpha value is -2.04. The molecule has 8 nitrogen and oxygen atoms in total. The highest BCUT2D eigenvalue weighted by atomic mass is 32.2. The summed E-state index contributed by atoms with van der Waals surface area (Å²) in [5, 5.41) is 30.2. The first-order chi connectivity index (χ1) is 12.7. The number of rotatable bonds is 5. The van der Waals surface area contributed by atoms with Crippen LogP contribution < -0.4 is 0 Å². The number of hydrogen-bond donors (Lipinski definition) is 3. The number of imidazole rings is 1. The van der Waals surface area contributed by atoms with Crippen LogP contribution in [0.25, 0.3) is 11.2 Å². The summed E-state index contributed by atoms with van der Waals surface area (Å²) < 4.78 is 7.13. The topological polar surface area (TPSA) is 114 Å². The van der Waals surface area contributed by atoms with Gasteiger partial charge >= 0.3 is 0 Å². The van der Waals surface area contributed by atoms with Crippen LogP contribution in [0.2, 0.25) is 0 Å². The van der Waals surface area contributed by atoms with Crippen LogP contribution in [0.1, 0.15) is 11.8 Å². The third kappa shape index (κ3) is 3.08. The lowest BCUT2D eigenvalue weighted by molar-refractivity contribution is -0.0511. The SMILES string of the molecule is OC[C@@H]1O[C@@H](n2cnc3c(SCc4ccccc4)ncnc32)[C@H](O)[C@@H]1O. The number of nitrogens with zero attached hydrogens (tertiary/aromatic N) is 4. The summed E-state index contributed by atoms with van der Waals surface area (Å²) in [5.41, 5.74) is 2.28. The first kappa shape index (κ1) is 17.4. The lowest BCUT2D eigenvalue weighted by Gasteiger charge is -2.16. The van der Waals surface area contributed by atoms with E-state index in [-0.39, 0.29) is 6.61 Å². The van der Waals surface area contributed by atoms with Gasteiger partial charge < -0.3 is 20.1 Å². The average molecular weight is 374 g/mol. The minimum atomic E-state index is -1.18. The highest BCUT2D eigenvalue weighted by Gasteiger charge is 2.44. The molecule has 1 aliphatic heterocycles. The van der Waals surface area contributed by atoms with Crippen molar-refractivity contribution in [1.82, 2.24) is 19.5 Å². The fraction of sp³-hybridized carbons (Fsp3) is 0.353. The van der Waals surface area contributed by atoms with Crippen molar-refractivity contribution in [3.05, 3.63) is 48.5 Å². The number of fused-ring (bicyclic) bond motifs is 1. The highest BCUT2D eigenvalue weighted by Crippen LogP contribution is 2.33. The molecule has 136 valence electrons. The largest absolute Gasteiger partial charge is 0.394 e. The molecule has 4 atom stereocenters. The lowest BCUT2D eigenvalue weighted by Crippen LogP contribution is -2.33. The molecule has 4 rings (SSSR count). The Bertz CT molecular complexity index is 891. The van der Waals surface area contributed by atoms with Crippen LogP contribution in [0.5, 0.6) is 0 Å². The predicted octanol–water partition coefficient (Wildman–Crippen LogP) is 0.730. The van der Waals surface area contributed by atoms with E-state index >= 15 is 0 Å². The summed E-state index contributed by atoms with van der Waals surface area (Å²) in [5.74, 6) is 0.744. The molecular formula is C17H18N4O4S. The molecule has 2 aromatic heterocycles. The van der Waals surface area contributed by atoms with Gasteiger partial charge in [-0.05, 0) is 5.56 Å². The van der Waals surface area contributed by atoms with Gasteiger partial charge in [-0.15, -0.1) is 0 Å². The van der Waals surface area contributed by atoms with E-state index in [0.717, 1.165) is 10.8 Å². The van der Waals surface area contributed by atoms with Gasteiger partial charge in [0.05, 0.1) is 12.9 Å². The molecule has 1 aliphatic rings. The van der Waals surface area contributed by atoms with Gasteiger partial charge in [0.25, 0.3) is 0 Å². The van der Waals surface area contributed by atoms with Gasteiger partial charge in [-0.25, -0.2) is 15.0 Å². The van der Waals surface area contributed by atoms with Crippen molar-refractivity contribution in [2.45, 2.75) is 35.3 Å². The predicted molar refractivity (Wildman–Crippen MR) is 94.3 cm³/mol. The van der Waals surface area contributed by atoms with E-state index in [1.54, 1.807) is 16.3 Å². The normalized spacial score (nSPS) is 25.8. The van der Waals surface area contributed by atoms with Crippen molar-refractivity contribution in [3.8, 4) is 0 Å². The van der Waals surface area contributed by atoms with Crippen LogP contribution in [0, 0.1) is 0 Å². The first-order valence-corrected chi connectivity index (χ1v) is 9.14. The molecule has 0 aliphatic carbocycles. The van der Waals surface area contributed by atoms with Crippen LogP contribution in [-0.2, 0) is 10.5 Å². The zero-order valence-electron chi connectivity index (χ0n) is 13.7. The molecule has 1 fully saturated rings. The number of thioether (sulfide) groups is 1. The maximum atomic E-state index is 10.2. The van der Waals surface area contributed by atoms with Crippen LogP contribution in [0.3, 0.4) is 0 Å². The molecule has 1 saturated heterocycles. The summed E-state index contributed by atoms with van der Waals surface area (Å²) in [4.78, 5) is 12.9. The number of aliphatic hydroxyl groups excluding tert-OH is 3. The Morgan fingerprint density at radius 3 is 2.62 bits per heavy atom. The molecule has 3 aromatic rings. The van der Waals surface area contributed by atoms with Gasteiger partial charge in [-0.2, -0.15) is 0 Å². The molecule has 0 amide bonds. The van der Waals surface area contributed by atoms with Gasteiger partial charge in [0, 0.05) is 5.75 Å². The average Bonchev–Trinajstić information content (AvgIpc) is 3.23. The Morgan fingerprint density at radius 2 is 1.88 bits per heavy atom. The number of aliphatic hydroxyl groups is 3. The Kier molecular flexibility index (Phi) is 4.88. The van der Waals surface area contributed by atoms with Crippen LogP contribution in [0.4, 0.5) is 0 Å². The Balaban J connectivity index is 1.61. The number of hydrogen-bond acceptors (Lipinski definition) is 8. The van der Waals surface area contributed by atoms with Gasteiger partial charge in [0.15, 0.2) is 11.9 Å². The molecule has 1 aromatic carbocycles. The van der Waals surface area contributed by atoms with E-state index in [4.69, 9.17) is 4.74 Å². The zero-order chi connectivity index (χ0) is 18.1. The molecule has 0 spiro atoms. The molecule has 3 N–H and O–H groups in total. The Labute approximate surface area is 153 Å². The van der Waals surface area contributed by atoms with E-state index in [1.165, 1.54) is 18.2 Å². The zero-order valence-corrected chi connectivity index (χ0v) is 14.5. The maximum Gasteiger partial charge on any atom is 0.166 e. The van der Waals surface area contributed by atoms with E-state index in [2.05, 4.69) is 15.0 Å². The smallest absolute Gasteiger partial charge is 0.166 e. The standard InChI is InChI=1S/C17H18N4O4S/c22-6-11-13(23)14(24)17(25-11)21-9-20-12-15(21)18-8-19-16(12)26-7-10-4-2-1-3-5-10/h1-5,8-9,11,13-14,17,22-24H,6-7H2/t11-,13+,14+,17+/m0/s1. The van der Waals surface area contributed by atoms with Crippen LogP contribution >= 0.6 is 11.8 Å². The quantitative estimate of drug-likeness (QED) is 0.442. The molecular weight excluding hydrogens is 356 g/mol. The van der Waals surface area contributed by atoms with E-state index in [1.807, 2.05) is 30.3 Å². The summed E-state index contributed by atoms with van der Waals surface area (Å²) >= 11 is 1.55. The monoisotopic (exact) mass is 374 g/mol. The van der Waals surface area contributed by atoms with Gasteiger partial charge in [0.1, 0.15) is 35.2 Å². The third-order valence-corrected chi connectivity index (χ3v) is 5.38. The number of ether oxygens (including phenoxy) is 1. The fourth-order valence-corrected chi connectivity index (χ4v) is 3.86. The molecule has 26 heavy (non-hydrogen) atoms. The molecule has 0 bridgehead atoms. The summed E-state index contributed by atoms with van der Waals surface area (Å²) in [6, 6.07) is 10.0. The van der Waals surface area contributed by atoms with Crippen molar-refractivity contribution >= 4 is 22.9 Å². The number of benzene rings is 1. The minimum Gasteiger partial charge on any atom is -0.394 e. The van der Waals surface area contributed by atoms with Crippen molar-refractivity contribution in [2.75, 3.05) is 6.61 Å². The summed E-state index contributed by atoms with van der Waals surface area (Å²) in [7, 11) is 0. The van der Waals surface area contributed by atoms with Crippen LogP contribution in [0.15, 0.2) is 48.0 Å².